The van der Waals surface area contributed by atoms with E-state index in [-0.39, 0.29) is 23.3 Å². The van der Waals surface area contributed by atoms with Gasteiger partial charge in [-0.05, 0) is 49.8 Å². The third-order valence-electron chi connectivity index (χ3n) is 6.19. The van der Waals surface area contributed by atoms with Gasteiger partial charge >= 0.3 is 0 Å². The summed E-state index contributed by atoms with van der Waals surface area (Å²) in [6, 6.07) is 3.67. The number of thioether (sulfide) groups is 1. The van der Waals surface area contributed by atoms with Crippen LogP contribution in [0, 0.1) is 5.92 Å². The molecule has 0 aromatic carbocycles. The summed E-state index contributed by atoms with van der Waals surface area (Å²) < 4.78 is 12.7. The van der Waals surface area contributed by atoms with Gasteiger partial charge in [-0.15, -0.1) is 11.3 Å². The Balaban J connectivity index is 1.48. The zero-order chi connectivity index (χ0) is 22.2. The molecule has 0 saturated carbocycles. The number of rotatable bonds is 5. The van der Waals surface area contributed by atoms with Crippen molar-refractivity contribution >= 4 is 39.2 Å². The topological polar surface area (TPSA) is 77.6 Å². The second kappa shape index (κ2) is 9.03. The summed E-state index contributed by atoms with van der Waals surface area (Å²) in [5.41, 5.74) is 1.14. The van der Waals surface area contributed by atoms with Gasteiger partial charge in [0.1, 0.15) is 10.6 Å². The van der Waals surface area contributed by atoms with Crippen molar-refractivity contribution in [1.29, 1.82) is 0 Å². The molecule has 0 radical (unpaired) electrons. The summed E-state index contributed by atoms with van der Waals surface area (Å²) in [6.07, 6.45) is 4.68. The van der Waals surface area contributed by atoms with E-state index in [9.17, 15) is 9.59 Å². The second-order valence-corrected chi connectivity index (χ2v) is 10.7. The first kappa shape index (κ1) is 21.7. The molecule has 7 nitrogen and oxygen atoms in total. The molecule has 1 saturated heterocycles. The van der Waals surface area contributed by atoms with Crippen LogP contribution in [0.1, 0.15) is 36.5 Å². The van der Waals surface area contributed by atoms with E-state index in [1.165, 1.54) is 22.2 Å². The molecule has 32 heavy (non-hydrogen) atoms. The van der Waals surface area contributed by atoms with E-state index < -0.39 is 0 Å². The highest BCUT2D eigenvalue weighted by Gasteiger charge is 2.26. The lowest BCUT2D eigenvalue weighted by atomic mass is 9.89. The standard InChI is InChI=1S/C23H27N3O4S2/c1-14-5-6-17-18(10-14)32-21-20(17)22(28)26(12-16-4-3-8-30-16)23(24-21)31-13-19(27)25-7-9-29-15(2)11-25/h3-4,8,14-15H,5-7,9-13H2,1-2H3/t14-,15-/m0/s1. The number of nitrogens with zero attached hydrogens (tertiary/aromatic N) is 3. The fraction of sp³-hybridized carbons (Fsp3) is 0.522. The zero-order valence-corrected chi connectivity index (χ0v) is 20.0. The van der Waals surface area contributed by atoms with Crippen LogP contribution in [0.2, 0.25) is 0 Å². The van der Waals surface area contributed by atoms with Crippen LogP contribution in [-0.2, 0) is 28.9 Å². The molecule has 1 aliphatic heterocycles. The van der Waals surface area contributed by atoms with Gasteiger partial charge in [-0.25, -0.2) is 4.98 Å². The highest BCUT2D eigenvalue weighted by molar-refractivity contribution is 7.99. The number of amides is 1. The summed E-state index contributed by atoms with van der Waals surface area (Å²) in [5.74, 6) is 1.61. The molecule has 4 heterocycles. The van der Waals surface area contributed by atoms with Gasteiger partial charge < -0.3 is 14.1 Å². The maximum atomic E-state index is 13.6. The molecule has 0 spiro atoms. The van der Waals surface area contributed by atoms with E-state index in [0.717, 1.165) is 29.5 Å². The molecular weight excluding hydrogens is 446 g/mol. The lowest BCUT2D eigenvalue weighted by Gasteiger charge is -2.31. The van der Waals surface area contributed by atoms with Crippen LogP contribution in [-0.4, -0.2) is 51.9 Å². The molecule has 1 fully saturated rings. The number of fused-ring (bicyclic) bond motifs is 3. The van der Waals surface area contributed by atoms with E-state index in [2.05, 4.69) is 6.92 Å². The first-order valence-electron chi connectivity index (χ1n) is 11.1. The van der Waals surface area contributed by atoms with E-state index in [4.69, 9.17) is 14.1 Å². The van der Waals surface area contributed by atoms with Crippen molar-refractivity contribution in [3.05, 3.63) is 45.0 Å². The van der Waals surface area contributed by atoms with Crippen LogP contribution < -0.4 is 5.56 Å². The van der Waals surface area contributed by atoms with Crippen molar-refractivity contribution in [2.75, 3.05) is 25.4 Å². The van der Waals surface area contributed by atoms with Crippen molar-refractivity contribution in [3.63, 3.8) is 0 Å². The zero-order valence-electron chi connectivity index (χ0n) is 18.3. The molecule has 2 atom stereocenters. The monoisotopic (exact) mass is 473 g/mol. The molecule has 1 amide bonds. The van der Waals surface area contributed by atoms with Crippen molar-refractivity contribution in [2.24, 2.45) is 5.92 Å². The van der Waals surface area contributed by atoms with Gasteiger partial charge in [0, 0.05) is 18.0 Å². The van der Waals surface area contributed by atoms with Crippen LogP contribution in [0.5, 0.6) is 0 Å². The third-order valence-corrected chi connectivity index (χ3v) is 8.30. The van der Waals surface area contributed by atoms with Gasteiger partial charge in [0.05, 0.1) is 36.7 Å². The largest absolute Gasteiger partial charge is 0.467 e. The minimum absolute atomic E-state index is 0.0339. The van der Waals surface area contributed by atoms with E-state index in [1.54, 1.807) is 22.2 Å². The van der Waals surface area contributed by atoms with E-state index in [0.29, 0.717) is 43.1 Å². The quantitative estimate of drug-likeness (QED) is 0.417. The number of thiophene rings is 1. The average molecular weight is 474 g/mol. The number of morpholine rings is 1. The highest BCUT2D eigenvalue weighted by Crippen LogP contribution is 2.36. The van der Waals surface area contributed by atoms with Gasteiger partial charge in [-0.2, -0.15) is 0 Å². The minimum Gasteiger partial charge on any atom is -0.467 e. The van der Waals surface area contributed by atoms with Crippen molar-refractivity contribution < 1.29 is 13.9 Å². The van der Waals surface area contributed by atoms with Crippen LogP contribution >= 0.6 is 23.1 Å². The Hall–Kier alpha value is -2.10. The number of aryl methyl sites for hydroxylation is 1. The Kier molecular flexibility index (Phi) is 6.14. The van der Waals surface area contributed by atoms with Gasteiger partial charge in [0.2, 0.25) is 5.91 Å². The normalized spacial score (nSPS) is 21.1. The fourth-order valence-electron chi connectivity index (χ4n) is 4.48. The van der Waals surface area contributed by atoms with Gasteiger partial charge in [-0.3, -0.25) is 14.2 Å². The van der Waals surface area contributed by atoms with E-state index >= 15 is 0 Å². The Morgan fingerprint density at radius 3 is 3.03 bits per heavy atom. The second-order valence-electron chi connectivity index (χ2n) is 8.71. The number of ether oxygens (including phenoxy) is 1. The molecule has 0 unspecified atom stereocenters. The molecule has 2 aliphatic rings. The minimum atomic E-state index is -0.0339. The van der Waals surface area contributed by atoms with Crippen LogP contribution in [0.15, 0.2) is 32.8 Å². The molecule has 5 rings (SSSR count). The van der Waals surface area contributed by atoms with Gasteiger partial charge in [-0.1, -0.05) is 18.7 Å². The van der Waals surface area contributed by atoms with Crippen molar-refractivity contribution in [1.82, 2.24) is 14.5 Å². The van der Waals surface area contributed by atoms with Crippen LogP contribution in [0.3, 0.4) is 0 Å². The number of carbonyl (C=O) groups is 1. The van der Waals surface area contributed by atoms with Crippen molar-refractivity contribution in [2.45, 2.75) is 50.9 Å². The summed E-state index contributed by atoms with van der Waals surface area (Å²) in [5, 5.41) is 1.32. The molecule has 3 aromatic heterocycles. The molecule has 9 heteroatoms. The predicted octanol–water partition coefficient (Wildman–Crippen LogP) is 3.56. The Morgan fingerprint density at radius 1 is 1.38 bits per heavy atom. The number of hydrogen-bond donors (Lipinski definition) is 0. The Morgan fingerprint density at radius 2 is 2.25 bits per heavy atom. The molecule has 0 N–H and O–H groups in total. The predicted molar refractivity (Wildman–Crippen MR) is 126 cm³/mol. The van der Waals surface area contributed by atoms with Crippen LogP contribution in [0.4, 0.5) is 0 Å². The summed E-state index contributed by atoms with van der Waals surface area (Å²) in [6.45, 7) is 6.30. The number of carbonyl (C=O) groups excluding carboxylic acids is 1. The maximum Gasteiger partial charge on any atom is 0.263 e. The Bertz CT molecular complexity index is 1180. The number of aromatic nitrogens is 2. The average Bonchev–Trinajstić information content (AvgIpc) is 3.41. The van der Waals surface area contributed by atoms with Gasteiger partial charge in [0.25, 0.3) is 5.56 Å². The Labute approximate surface area is 194 Å². The van der Waals surface area contributed by atoms with Gasteiger partial charge in [0.15, 0.2) is 5.16 Å². The summed E-state index contributed by atoms with van der Waals surface area (Å²) in [4.78, 5) is 35.2. The van der Waals surface area contributed by atoms with Crippen LogP contribution in [0.25, 0.3) is 10.2 Å². The fourth-order valence-corrected chi connectivity index (χ4v) is 6.80. The lowest BCUT2D eigenvalue weighted by Crippen LogP contribution is -2.45. The molecule has 1 aliphatic carbocycles. The molecular formula is C23H27N3O4S2. The highest BCUT2D eigenvalue weighted by atomic mass is 32.2. The van der Waals surface area contributed by atoms with Crippen molar-refractivity contribution in [3.8, 4) is 0 Å². The molecule has 170 valence electrons. The third kappa shape index (κ3) is 4.25. The summed E-state index contributed by atoms with van der Waals surface area (Å²) in [7, 11) is 0. The SMILES string of the molecule is C[C@H]1CCc2c(sc3nc(SCC(=O)N4CCO[C@@H](C)C4)n(Cc4ccco4)c(=O)c23)C1. The van der Waals surface area contributed by atoms with E-state index in [1.807, 2.05) is 24.0 Å². The first-order chi connectivity index (χ1) is 15.5. The first-order valence-corrected chi connectivity index (χ1v) is 12.9. The number of hydrogen-bond acceptors (Lipinski definition) is 7. The summed E-state index contributed by atoms with van der Waals surface area (Å²) >= 11 is 2.97. The lowest BCUT2D eigenvalue weighted by molar-refractivity contribution is -0.135. The number of furan rings is 1. The molecule has 3 aromatic rings. The smallest absolute Gasteiger partial charge is 0.263 e. The molecule has 0 bridgehead atoms. The maximum absolute atomic E-state index is 13.6.